The lowest BCUT2D eigenvalue weighted by Crippen LogP contribution is -2.35. The number of carbonyl (C=O) groups excluding carboxylic acids is 2. The number of nitrogens with two attached hydrogens (primary N) is 1. The second-order valence-electron chi connectivity index (χ2n) is 12.1. The number of hydrogen-bond acceptors (Lipinski definition) is 7. The van der Waals surface area contributed by atoms with Crippen LogP contribution in [0.3, 0.4) is 0 Å². The van der Waals surface area contributed by atoms with Gasteiger partial charge in [0.1, 0.15) is 5.60 Å². The Hall–Kier alpha value is -3.98. The molecule has 0 bridgehead atoms. The molecule has 0 radical (unpaired) electrons. The zero-order valence-electron chi connectivity index (χ0n) is 28.7. The van der Waals surface area contributed by atoms with Gasteiger partial charge in [-0.1, -0.05) is 76.6 Å². The van der Waals surface area contributed by atoms with Crippen LogP contribution in [0.2, 0.25) is 0 Å². The van der Waals surface area contributed by atoms with E-state index < -0.39 is 5.60 Å². The Morgan fingerprint density at radius 1 is 1.00 bits per heavy atom. The fourth-order valence-electron chi connectivity index (χ4n) is 4.51. The first-order valence-corrected chi connectivity index (χ1v) is 16.0. The molecular formula is C36H53N5O4. The highest BCUT2D eigenvalue weighted by molar-refractivity contribution is 6.06. The molecule has 0 aliphatic carbocycles. The molecule has 1 aromatic heterocycles. The van der Waals surface area contributed by atoms with Crippen LogP contribution in [-0.2, 0) is 16.1 Å². The van der Waals surface area contributed by atoms with E-state index in [0.717, 1.165) is 29.7 Å². The van der Waals surface area contributed by atoms with E-state index in [1.807, 2.05) is 89.2 Å². The van der Waals surface area contributed by atoms with Crippen molar-refractivity contribution in [2.75, 3.05) is 30.8 Å². The van der Waals surface area contributed by atoms with E-state index in [2.05, 4.69) is 23.8 Å². The number of rotatable bonds is 13. The van der Waals surface area contributed by atoms with Gasteiger partial charge in [0.05, 0.1) is 24.0 Å². The van der Waals surface area contributed by atoms with Crippen LogP contribution >= 0.6 is 0 Å². The highest BCUT2D eigenvalue weighted by Gasteiger charge is 2.23. The first kappa shape index (κ1) is 37.2. The summed E-state index contributed by atoms with van der Waals surface area (Å²) in [6.45, 7) is 17.0. The molecule has 2 aromatic carbocycles. The van der Waals surface area contributed by atoms with Crippen LogP contribution < -0.4 is 10.6 Å². The van der Waals surface area contributed by atoms with E-state index >= 15 is 0 Å². The third kappa shape index (κ3) is 12.1. The molecule has 0 fully saturated rings. The van der Waals surface area contributed by atoms with E-state index in [9.17, 15) is 9.59 Å². The van der Waals surface area contributed by atoms with Gasteiger partial charge in [-0.3, -0.25) is 4.79 Å². The first-order valence-electron chi connectivity index (χ1n) is 16.0. The fraction of sp³-hybridized carbons (Fsp3) is 0.500. The number of aromatic nitrogens is 2. The molecule has 0 aliphatic rings. The highest BCUT2D eigenvalue weighted by Crippen LogP contribution is 2.26. The number of anilines is 2. The normalized spacial score (nSPS) is 12.4. The molecule has 9 heteroatoms. The van der Waals surface area contributed by atoms with Gasteiger partial charge in [0.15, 0.2) is 0 Å². The first-order chi connectivity index (χ1) is 21.4. The second-order valence-corrected chi connectivity index (χ2v) is 12.1. The summed E-state index contributed by atoms with van der Waals surface area (Å²) in [6.07, 6.45) is 3.38. The smallest absolute Gasteiger partial charge is 0.410 e. The molecule has 3 aromatic rings. The van der Waals surface area contributed by atoms with Crippen molar-refractivity contribution in [3.05, 3.63) is 83.2 Å². The number of carbonyl (C=O) groups is 2. The van der Waals surface area contributed by atoms with E-state index in [0.29, 0.717) is 43.3 Å². The molecule has 45 heavy (non-hydrogen) atoms. The maximum atomic E-state index is 13.8. The Balaban J connectivity index is 0.00000345. The maximum Gasteiger partial charge on any atom is 0.410 e. The van der Waals surface area contributed by atoms with Crippen LogP contribution in [0.1, 0.15) is 101 Å². The van der Waals surface area contributed by atoms with Crippen LogP contribution in [0.15, 0.2) is 60.8 Å². The van der Waals surface area contributed by atoms with Crippen molar-refractivity contribution >= 4 is 23.6 Å². The average molecular weight is 620 g/mol. The zero-order valence-corrected chi connectivity index (χ0v) is 28.7. The Kier molecular flexibility index (Phi) is 15.0. The number of aryl methyl sites for hydroxylation is 1. The Bertz CT molecular complexity index is 1340. The molecule has 2 N–H and O–H groups in total. The monoisotopic (exact) mass is 619 g/mol. The molecule has 1 heterocycles. The lowest BCUT2D eigenvalue weighted by molar-refractivity contribution is 0.0137. The van der Waals surface area contributed by atoms with E-state index in [1.54, 1.807) is 23.8 Å². The van der Waals surface area contributed by atoms with Crippen LogP contribution in [0.4, 0.5) is 16.4 Å². The van der Waals surface area contributed by atoms with Crippen molar-refractivity contribution in [1.29, 1.82) is 0 Å². The minimum absolute atomic E-state index is 0.143. The summed E-state index contributed by atoms with van der Waals surface area (Å²) in [4.78, 5) is 37.9. The van der Waals surface area contributed by atoms with Gasteiger partial charge in [0, 0.05) is 32.0 Å². The standard InChI is InChI=1S/C34H47N5O4.C2H6/c1-8-24(2)17-20-39(31(40)29-22-36-32(35)37-25(29)3)28-16-12-13-26(21-28)23-42-30(27-14-10-9-11-15-27)18-19-38(7)33(41)43-34(4,5)6;1-2/h9-16,21-22,24,30H,8,17-20,23H2,1-7H3,(H2,35,36,37);1-2H3. The number of benzene rings is 2. The van der Waals surface area contributed by atoms with Crippen molar-refractivity contribution in [1.82, 2.24) is 14.9 Å². The number of nitrogen functional groups attached to an aromatic ring is 1. The summed E-state index contributed by atoms with van der Waals surface area (Å²) >= 11 is 0. The topological polar surface area (TPSA) is 111 Å². The largest absolute Gasteiger partial charge is 0.444 e. The number of nitrogens with zero attached hydrogens (tertiary/aromatic N) is 4. The van der Waals surface area contributed by atoms with Crippen molar-refractivity contribution < 1.29 is 19.1 Å². The molecule has 0 saturated heterocycles. The number of hydrogen-bond donors (Lipinski definition) is 1. The van der Waals surface area contributed by atoms with Gasteiger partial charge in [-0.2, -0.15) is 0 Å². The lowest BCUT2D eigenvalue weighted by Gasteiger charge is -2.27. The fourth-order valence-corrected chi connectivity index (χ4v) is 4.51. The number of ether oxygens (including phenoxy) is 2. The van der Waals surface area contributed by atoms with Gasteiger partial charge in [-0.25, -0.2) is 14.8 Å². The van der Waals surface area contributed by atoms with Crippen LogP contribution in [-0.4, -0.2) is 52.6 Å². The summed E-state index contributed by atoms with van der Waals surface area (Å²) in [5.74, 6) is 0.451. The third-order valence-electron chi connectivity index (χ3n) is 7.29. The minimum atomic E-state index is -0.560. The molecule has 246 valence electrons. The predicted octanol–water partition coefficient (Wildman–Crippen LogP) is 7.99. The summed E-state index contributed by atoms with van der Waals surface area (Å²) in [5, 5.41) is 0. The van der Waals surface area contributed by atoms with Gasteiger partial charge < -0.3 is 25.0 Å². The quantitative estimate of drug-likeness (QED) is 0.206. The lowest BCUT2D eigenvalue weighted by atomic mass is 10.0. The van der Waals surface area contributed by atoms with Gasteiger partial charge in [-0.05, 0) is 69.7 Å². The van der Waals surface area contributed by atoms with Crippen molar-refractivity contribution in [2.45, 2.75) is 93.0 Å². The molecule has 2 amide bonds. The minimum Gasteiger partial charge on any atom is -0.444 e. The summed E-state index contributed by atoms with van der Waals surface area (Å²) in [6, 6.07) is 17.9. The van der Waals surface area contributed by atoms with Crippen molar-refractivity contribution in [3.8, 4) is 0 Å². The van der Waals surface area contributed by atoms with Gasteiger partial charge >= 0.3 is 6.09 Å². The molecule has 0 spiro atoms. The van der Waals surface area contributed by atoms with Crippen molar-refractivity contribution in [3.63, 3.8) is 0 Å². The molecule has 9 nitrogen and oxygen atoms in total. The molecule has 0 aliphatic heterocycles. The second kappa shape index (κ2) is 18.1. The SMILES string of the molecule is CC.CCC(C)CCN(C(=O)c1cnc(N)nc1C)c1cccc(COC(CCN(C)C(=O)OC(C)(C)C)c2ccccc2)c1. The van der Waals surface area contributed by atoms with Crippen LogP contribution in [0, 0.1) is 12.8 Å². The zero-order chi connectivity index (χ0) is 33.6. The van der Waals surface area contributed by atoms with E-state index in [1.165, 1.54) is 6.20 Å². The van der Waals surface area contributed by atoms with Crippen LogP contribution in [0.25, 0.3) is 0 Å². The molecule has 3 rings (SSSR count). The summed E-state index contributed by atoms with van der Waals surface area (Å²) in [7, 11) is 1.73. The predicted molar refractivity (Wildman–Crippen MR) is 182 cm³/mol. The Morgan fingerprint density at radius 2 is 1.69 bits per heavy atom. The van der Waals surface area contributed by atoms with Gasteiger partial charge in [0.25, 0.3) is 5.91 Å². The van der Waals surface area contributed by atoms with Crippen molar-refractivity contribution in [2.24, 2.45) is 5.92 Å². The number of amides is 2. The average Bonchev–Trinajstić information content (AvgIpc) is 3.01. The summed E-state index contributed by atoms with van der Waals surface area (Å²) in [5.41, 5.74) is 8.91. The molecular weight excluding hydrogens is 566 g/mol. The highest BCUT2D eigenvalue weighted by atomic mass is 16.6. The van der Waals surface area contributed by atoms with Crippen LogP contribution in [0.5, 0.6) is 0 Å². The molecule has 2 atom stereocenters. The third-order valence-corrected chi connectivity index (χ3v) is 7.29. The van der Waals surface area contributed by atoms with Gasteiger partial charge in [0.2, 0.25) is 5.95 Å². The van der Waals surface area contributed by atoms with Gasteiger partial charge in [-0.15, -0.1) is 0 Å². The Morgan fingerprint density at radius 3 is 2.31 bits per heavy atom. The summed E-state index contributed by atoms with van der Waals surface area (Å²) < 4.78 is 12.0. The molecule has 2 unspecified atom stereocenters. The Labute approximate surface area is 270 Å². The maximum absolute atomic E-state index is 13.8. The van der Waals surface area contributed by atoms with E-state index in [4.69, 9.17) is 15.2 Å². The molecule has 0 saturated carbocycles. The van der Waals surface area contributed by atoms with E-state index in [-0.39, 0.29) is 24.1 Å².